The molecule has 6 heteroatoms. The molecule has 6 nitrogen and oxygen atoms in total. The van der Waals surface area contributed by atoms with Crippen molar-refractivity contribution in [2.45, 2.75) is 0 Å². The van der Waals surface area contributed by atoms with Crippen LogP contribution in [0.3, 0.4) is 0 Å². The van der Waals surface area contributed by atoms with Gasteiger partial charge in [-0.1, -0.05) is 36.4 Å². The van der Waals surface area contributed by atoms with E-state index in [2.05, 4.69) is 5.32 Å². The summed E-state index contributed by atoms with van der Waals surface area (Å²) in [6.07, 6.45) is 1.42. The maximum absolute atomic E-state index is 12.7. The number of nitrogens with one attached hydrogen (secondary N) is 1. The summed E-state index contributed by atoms with van der Waals surface area (Å²) in [5.41, 5.74) is 0.822. The van der Waals surface area contributed by atoms with Crippen molar-refractivity contribution in [2.75, 3.05) is 12.0 Å². The lowest BCUT2D eigenvalue weighted by molar-refractivity contribution is -0.122. The van der Waals surface area contributed by atoms with Crippen LogP contribution in [0.25, 0.3) is 6.08 Å². The fourth-order valence-electron chi connectivity index (χ4n) is 2.41. The van der Waals surface area contributed by atoms with E-state index in [-0.39, 0.29) is 5.57 Å². The molecular weight excluding hydrogens is 308 g/mol. The summed E-state index contributed by atoms with van der Waals surface area (Å²) >= 11 is 0. The van der Waals surface area contributed by atoms with Gasteiger partial charge in [0.25, 0.3) is 11.8 Å². The number of urea groups is 1. The molecule has 0 radical (unpaired) electrons. The highest BCUT2D eigenvalue weighted by molar-refractivity contribution is 6.39. The van der Waals surface area contributed by atoms with E-state index in [9.17, 15) is 14.4 Å². The fraction of sp³-hybridized carbons (Fsp3) is 0.0556. The molecule has 0 spiro atoms. The number of carbonyl (C=O) groups excluding carboxylic acids is 3. The van der Waals surface area contributed by atoms with Crippen LogP contribution in [0.4, 0.5) is 10.5 Å². The summed E-state index contributed by atoms with van der Waals surface area (Å²) in [7, 11) is 1.50. The van der Waals surface area contributed by atoms with Crippen molar-refractivity contribution in [3.05, 3.63) is 65.7 Å². The number of amides is 4. The predicted molar refractivity (Wildman–Crippen MR) is 88.4 cm³/mol. The zero-order valence-corrected chi connectivity index (χ0v) is 12.9. The van der Waals surface area contributed by atoms with Gasteiger partial charge in [-0.2, -0.15) is 0 Å². The maximum atomic E-state index is 12.7. The molecule has 4 amide bonds. The second-order valence-electron chi connectivity index (χ2n) is 5.04. The number of imide groups is 2. The molecule has 2 aromatic carbocycles. The van der Waals surface area contributed by atoms with Crippen LogP contribution in [0.5, 0.6) is 5.75 Å². The molecule has 1 aliphatic heterocycles. The van der Waals surface area contributed by atoms with Gasteiger partial charge in [-0.05, 0) is 24.3 Å². The van der Waals surface area contributed by atoms with E-state index in [0.29, 0.717) is 17.0 Å². The topological polar surface area (TPSA) is 75.7 Å². The zero-order chi connectivity index (χ0) is 17.1. The van der Waals surface area contributed by atoms with Crippen molar-refractivity contribution in [1.29, 1.82) is 0 Å². The minimum atomic E-state index is -0.770. The van der Waals surface area contributed by atoms with E-state index in [1.165, 1.54) is 13.2 Å². The summed E-state index contributed by atoms with van der Waals surface area (Å²) in [4.78, 5) is 37.8. The lowest BCUT2D eigenvalue weighted by atomic mass is 10.1. The molecule has 1 saturated heterocycles. The standard InChI is InChI=1S/C18H14N2O4/c1-24-15-10-6-5-7-12(15)11-14-16(21)19-18(23)20(17(14)22)13-8-3-2-4-9-13/h2-11H,1H3,(H,19,21,23). The number of anilines is 1. The van der Waals surface area contributed by atoms with Gasteiger partial charge in [0.15, 0.2) is 0 Å². The summed E-state index contributed by atoms with van der Waals surface area (Å²) in [6.45, 7) is 0. The van der Waals surface area contributed by atoms with E-state index in [1.54, 1.807) is 54.6 Å². The van der Waals surface area contributed by atoms with Gasteiger partial charge >= 0.3 is 6.03 Å². The molecule has 1 heterocycles. The van der Waals surface area contributed by atoms with Crippen LogP contribution >= 0.6 is 0 Å². The van der Waals surface area contributed by atoms with Gasteiger partial charge in [0.1, 0.15) is 11.3 Å². The number of carbonyl (C=O) groups is 3. The van der Waals surface area contributed by atoms with Crippen LogP contribution < -0.4 is 15.0 Å². The maximum Gasteiger partial charge on any atom is 0.335 e. The number of benzene rings is 2. The number of nitrogens with zero attached hydrogens (tertiary/aromatic N) is 1. The third-order valence-corrected chi connectivity index (χ3v) is 3.55. The SMILES string of the molecule is COc1ccccc1C=C1C(=O)NC(=O)N(c2ccccc2)C1=O. The van der Waals surface area contributed by atoms with Gasteiger partial charge < -0.3 is 4.74 Å². The second-order valence-corrected chi connectivity index (χ2v) is 5.04. The highest BCUT2D eigenvalue weighted by atomic mass is 16.5. The average Bonchev–Trinajstić information content (AvgIpc) is 2.59. The summed E-state index contributed by atoms with van der Waals surface area (Å²) in [5, 5.41) is 2.18. The Morgan fingerprint density at radius 2 is 1.62 bits per heavy atom. The van der Waals surface area contributed by atoms with E-state index in [4.69, 9.17) is 4.74 Å². The first-order chi connectivity index (χ1) is 11.6. The number of hydrogen-bond donors (Lipinski definition) is 1. The third kappa shape index (κ3) is 2.77. The Bertz CT molecular complexity index is 843. The molecule has 0 saturated carbocycles. The van der Waals surface area contributed by atoms with Crippen molar-refractivity contribution in [1.82, 2.24) is 5.32 Å². The lowest BCUT2D eigenvalue weighted by Gasteiger charge is -2.26. The Kier molecular flexibility index (Phi) is 4.11. The molecule has 2 aromatic rings. The highest BCUT2D eigenvalue weighted by Gasteiger charge is 2.36. The molecule has 3 rings (SSSR count). The second kappa shape index (κ2) is 6.37. The average molecular weight is 322 g/mol. The molecule has 0 aromatic heterocycles. The van der Waals surface area contributed by atoms with Crippen LogP contribution in [0.1, 0.15) is 5.56 Å². The van der Waals surface area contributed by atoms with Crippen molar-refractivity contribution < 1.29 is 19.1 Å². The van der Waals surface area contributed by atoms with Crippen molar-refractivity contribution in [3.63, 3.8) is 0 Å². The van der Waals surface area contributed by atoms with Crippen LogP contribution in [-0.2, 0) is 9.59 Å². The Morgan fingerprint density at radius 1 is 0.958 bits per heavy atom. The van der Waals surface area contributed by atoms with Crippen LogP contribution in [0, 0.1) is 0 Å². The number of ether oxygens (including phenoxy) is 1. The summed E-state index contributed by atoms with van der Waals surface area (Å²) in [5.74, 6) is -0.891. The van der Waals surface area contributed by atoms with E-state index < -0.39 is 17.8 Å². The van der Waals surface area contributed by atoms with E-state index in [1.807, 2.05) is 0 Å². The lowest BCUT2D eigenvalue weighted by Crippen LogP contribution is -2.54. The normalized spacial score (nSPS) is 16.3. The van der Waals surface area contributed by atoms with Crippen molar-refractivity contribution in [3.8, 4) is 5.75 Å². The molecule has 0 bridgehead atoms. The number of para-hydroxylation sites is 2. The minimum absolute atomic E-state index is 0.136. The summed E-state index contributed by atoms with van der Waals surface area (Å²) < 4.78 is 5.22. The van der Waals surface area contributed by atoms with Gasteiger partial charge in [0.05, 0.1) is 12.8 Å². The monoisotopic (exact) mass is 322 g/mol. The van der Waals surface area contributed by atoms with E-state index in [0.717, 1.165) is 4.90 Å². The largest absolute Gasteiger partial charge is 0.496 e. The first-order valence-corrected chi connectivity index (χ1v) is 7.21. The van der Waals surface area contributed by atoms with Crippen LogP contribution in [0.15, 0.2) is 60.2 Å². The zero-order valence-electron chi connectivity index (χ0n) is 12.9. The fourth-order valence-corrected chi connectivity index (χ4v) is 2.41. The first kappa shape index (κ1) is 15.5. The number of barbiturate groups is 1. The Labute approximate surface area is 138 Å². The van der Waals surface area contributed by atoms with Gasteiger partial charge in [0, 0.05) is 5.56 Å². The first-order valence-electron chi connectivity index (χ1n) is 7.21. The number of hydrogen-bond acceptors (Lipinski definition) is 4. The van der Waals surface area contributed by atoms with Crippen LogP contribution in [-0.4, -0.2) is 25.0 Å². The van der Waals surface area contributed by atoms with E-state index >= 15 is 0 Å². The molecular formula is C18H14N2O4. The smallest absolute Gasteiger partial charge is 0.335 e. The molecule has 24 heavy (non-hydrogen) atoms. The highest BCUT2D eigenvalue weighted by Crippen LogP contribution is 2.24. The van der Waals surface area contributed by atoms with Gasteiger partial charge in [0.2, 0.25) is 0 Å². The molecule has 120 valence electrons. The predicted octanol–water partition coefficient (Wildman–Crippen LogP) is 2.36. The molecule has 0 unspecified atom stereocenters. The molecule has 1 N–H and O–H groups in total. The van der Waals surface area contributed by atoms with Crippen molar-refractivity contribution >= 4 is 29.6 Å². The molecule has 1 aliphatic rings. The minimum Gasteiger partial charge on any atom is -0.496 e. The summed E-state index contributed by atoms with van der Waals surface area (Å²) in [6, 6.07) is 14.6. The Morgan fingerprint density at radius 3 is 2.33 bits per heavy atom. The van der Waals surface area contributed by atoms with Crippen LogP contribution in [0.2, 0.25) is 0 Å². The molecule has 1 fully saturated rings. The number of rotatable bonds is 3. The third-order valence-electron chi connectivity index (χ3n) is 3.55. The number of methoxy groups -OCH3 is 1. The molecule has 0 aliphatic carbocycles. The molecule has 0 atom stereocenters. The quantitative estimate of drug-likeness (QED) is 0.695. The van der Waals surface area contributed by atoms with Gasteiger partial charge in [-0.3, -0.25) is 14.9 Å². The Hall–Kier alpha value is -3.41. The van der Waals surface area contributed by atoms with Gasteiger partial charge in [-0.15, -0.1) is 0 Å². The van der Waals surface area contributed by atoms with Crippen molar-refractivity contribution in [2.24, 2.45) is 0 Å². The Balaban J connectivity index is 2.04. The van der Waals surface area contributed by atoms with Gasteiger partial charge in [-0.25, -0.2) is 9.69 Å².